The lowest BCUT2D eigenvalue weighted by atomic mass is 9.98. The predicted octanol–water partition coefficient (Wildman–Crippen LogP) is 5.08. The van der Waals surface area contributed by atoms with Crippen molar-refractivity contribution in [3.05, 3.63) is 74.3 Å². The number of nitriles is 1. The Morgan fingerprint density at radius 3 is 2.46 bits per heavy atom. The number of hydrogen-bond acceptors (Lipinski definition) is 5. The topological polar surface area (TPSA) is 106 Å². The molecule has 2 N–H and O–H groups in total. The Bertz CT molecular complexity index is 1080. The second-order valence-electron chi connectivity index (χ2n) is 5.30. The predicted molar refractivity (Wildman–Crippen MR) is 101 cm³/mol. The zero-order chi connectivity index (χ0) is 18.8. The van der Waals surface area contributed by atoms with Gasteiger partial charge < -0.3 is 5.73 Å². The molecule has 0 saturated heterocycles. The molecule has 3 aromatic rings. The van der Waals surface area contributed by atoms with Gasteiger partial charge in [-0.15, -0.1) is 0 Å². The van der Waals surface area contributed by atoms with Gasteiger partial charge in [0.2, 0.25) is 0 Å². The van der Waals surface area contributed by atoms with E-state index < -0.39 is 4.92 Å². The average molecular weight is 385 g/mol. The number of nitrogens with zero attached hydrogens (tertiary/aromatic N) is 3. The molecule has 0 atom stereocenters. The number of hydrogen-bond donors (Lipinski definition) is 1. The Morgan fingerprint density at radius 2 is 1.77 bits per heavy atom. The van der Waals surface area contributed by atoms with Crippen molar-refractivity contribution in [1.29, 1.82) is 5.26 Å². The van der Waals surface area contributed by atoms with Crippen molar-refractivity contribution in [2.45, 2.75) is 0 Å². The first-order chi connectivity index (χ1) is 12.4. The number of nitro benzene ring substituents is 1. The number of benzene rings is 2. The first-order valence-electron chi connectivity index (χ1n) is 7.32. The standard InChI is InChI=1S/C18H10Cl2N4O2/c19-14-6-3-5-10(17(14)20)12-8-15(23-18(22)13(12)9-21)11-4-1-2-7-16(11)24(25)26/h1-8H,(H2,22,23). The molecule has 3 rings (SSSR count). The van der Waals surface area contributed by atoms with Crippen LogP contribution < -0.4 is 5.73 Å². The highest BCUT2D eigenvalue weighted by Crippen LogP contribution is 2.39. The molecule has 0 bridgehead atoms. The third kappa shape index (κ3) is 3.06. The summed E-state index contributed by atoms with van der Waals surface area (Å²) < 4.78 is 0. The first kappa shape index (κ1) is 17.7. The van der Waals surface area contributed by atoms with Gasteiger partial charge in [0.1, 0.15) is 17.5 Å². The molecule has 0 spiro atoms. The number of nitro groups is 1. The van der Waals surface area contributed by atoms with Crippen LogP contribution in [0.25, 0.3) is 22.4 Å². The molecule has 1 aromatic heterocycles. The first-order valence-corrected chi connectivity index (χ1v) is 8.08. The molecule has 8 heteroatoms. The van der Waals surface area contributed by atoms with Crippen LogP contribution >= 0.6 is 23.2 Å². The summed E-state index contributed by atoms with van der Waals surface area (Å²) in [6, 6.07) is 14.7. The van der Waals surface area contributed by atoms with Gasteiger partial charge in [0.25, 0.3) is 5.69 Å². The van der Waals surface area contributed by atoms with E-state index in [9.17, 15) is 15.4 Å². The van der Waals surface area contributed by atoms with E-state index in [2.05, 4.69) is 4.98 Å². The monoisotopic (exact) mass is 384 g/mol. The van der Waals surface area contributed by atoms with Gasteiger partial charge in [-0.1, -0.05) is 47.5 Å². The SMILES string of the molecule is N#Cc1c(-c2cccc(Cl)c2Cl)cc(-c2ccccc2[N+](=O)[O-])nc1N. The van der Waals surface area contributed by atoms with Gasteiger partial charge in [-0.3, -0.25) is 10.1 Å². The second kappa shape index (κ2) is 7.00. The molecule has 0 aliphatic carbocycles. The minimum Gasteiger partial charge on any atom is -0.383 e. The number of aromatic nitrogens is 1. The highest BCUT2D eigenvalue weighted by Gasteiger charge is 2.20. The van der Waals surface area contributed by atoms with Crippen LogP contribution in [0.5, 0.6) is 0 Å². The summed E-state index contributed by atoms with van der Waals surface area (Å²) in [5.74, 6) is -0.0470. The Kier molecular flexibility index (Phi) is 4.76. The van der Waals surface area contributed by atoms with Crippen LogP contribution in [0.15, 0.2) is 48.5 Å². The summed E-state index contributed by atoms with van der Waals surface area (Å²) in [6.45, 7) is 0. The van der Waals surface area contributed by atoms with Gasteiger partial charge in [0, 0.05) is 17.2 Å². The summed E-state index contributed by atoms with van der Waals surface area (Å²) in [5, 5.41) is 21.4. The van der Waals surface area contributed by atoms with Crippen LogP contribution in [-0.4, -0.2) is 9.91 Å². The molecule has 0 radical (unpaired) electrons. The lowest BCUT2D eigenvalue weighted by Crippen LogP contribution is -2.01. The molecular weight excluding hydrogens is 375 g/mol. The number of pyridine rings is 1. The smallest absolute Gasteiger partial charge is 0.278 e. The fourth-order valence-corrected chi connectivity index (χ4v) is 3.00. The minimum absolute atomic E-state index is 0.0470. The largest absolute Gasteiger partial charge is 0.383 e. The number of nitrogen functional groups attached to an aromatic ring is 1. The maximum absolute atomic E-state index is 11.3. The maximum Gasteiger partial charge on any atom is 0.278 e. The average Bonchev–Trinajstić information content (AvgIpc) is 2.63. The van der Waals surface area contributed by atoms with Gasteiger partial charge in [-0.05, 0) is 18.2 Å². The van der Waals surface area contributed by atoms with E-state index in [1.165, 1.54) is 6.07 Å². The highest BCUT2D eigenvalue weighted by atomic mass is 35.5. The lowest BCUT2D eigenvalue weighted by molar-refractivity contribution is -0.384. The van der Waals surface area contributed by atoms with E-state index >= 15 is 0 Å². The molecule has 2 aromatic carbocycles. The Hall–Kier alpha value is -3.14. The van der Waals surface area contributed by atoms with Gasteiger partial charge in [0.15, 0.2) is 0 Å². The van der Waals surface area contributed by atoms with Crippen molar-refractivity contribution < 1.29 is 4.92 Å². The second-order valence-corrected chi connectivity index (χ2v) is 6.09. The fourth-order valence-electron chi connectivity index (χ4n) is 2.59. The van der Waals surface area contributed by atoms with Crippen LogP contribution in [0.1, 0.15) is 5.56 Å². The zero-order valence-electron chi connectivity index (χ0n) is 13.1. The summed E-state index contributed by atoms with van der Waals surface area (Å²) >= 11 is 12.3. The molecule has 0 aliphatic rings. The number of halogens is 2. The third-order valence-corrected chi connectivity index (χ3v) is 4.60. The van der Waals surface area contributed by atoms with Crippen molar-refractivity contribution in [2.75, 3.05) is 5.73 Å². The Morgan fingerprint density at radius 1 is 1.08 bits per heavy atom. The van der Waals surface area contributed by atoms with Gasteiger partial charge in [0.05, 0.1) is 26.2 Å². The number of nitrogens with two attached hydrogens (primary N) is 1. The summed E-state index contributed by atoms with van der Waals surface area (Å²) in [4.78, 5) is 15.0. The Balaban J connectivity index is 2.33. The molecule has 0 saturated carbocycles. The van der Waals surface area contributed by atoms with Crippen molar-refractivity contribution >= 4 is 34.7 Å². The normalized spacial score (nSPS) is 10.3. The number of para-hydroxylation sites is 1. The van der Waals surface area contributed by atoms with Gasteiger partial charge >= 0.3 is 0 Å². The van der Waals surface area contributed by atoms with Crippen LogP contribution in [0, 0.1) is 21.4 Å². The fraction of sp³-hybridized carbons (Fsp3) is 0. The molecule has 26 heavy (non-hydrogen) atoms. The highest BCUT2D eigenvalue weighted by molar-refractivity contribution is 6.43. The van der Waals surface area contributed by atoms with Crippen molar-refractivity contribution in [3.63, 3.8) is 0 Å². The van der Waals surface area contributed by atoms with E-state index in [0.717, 1.165) is 0 Å². The van der Waals surface area contributed by atoms with Crippen LogP contribution in [0.4, 0.5) is 11.5 Å². The van der Waals surface area contributed by atoms with Crippen LogP contribution in [0.2, 0.25) is 10.0 Å². The molecule has 0 unspecified atom stereocenters. The van der Waals surface area contributed by atoms with Gasteiger partial charge in [-0.25, -0.2) is 4.98 Å². The van der Waals surface area contributed by atoms with Crippen LogP contribution in [0.3, 0.4) is 0 Å². The van der Waals surface area contributed by atoms with E-state index in [1.54, 1.807) is 42.5 Å². The molecule has 6 nitrogen and oxygen atoms in total. The quantitative estimate of drug-likeness (QED) is 0.500. The molecular formula is C18H10Cl2N4O2. The van der Waals surface area contributed by atoms with E-state index in [0.29, 0.717) is 16.1 Å². The molecule has 128 valence electrons. The lowest BCUT2D eigenvalue weighted by Gasteiger charge is -2.12. The van der Waals surface area contributed by atoms with Crippen molar-refractivity contribution in [3.8, 4) is 28.5 Å². The van der Waals surface area contributed by atoms with Crippen molar-refractivity contribution in [2.24, 2.45) is 0 Å². The number of anilines is 1. The van der Waals surface area contributed by atoms with Crippen LogP contribution in [-0.2, 0) is 0 Å². The maximum atomic E-state index is 11.3. The molecule has 0 fully saturated rings. The molecule has 0 aliphatic heterocycles. The van der Waals surface area contributed by atoms with E-state index in [1.807, 2.05) is 6.07 Å². The molecule has 1 heterocycles. The Labute approximate surface area is 158 Å². The van der Waals surface area contributed by atoms with Gasteiger partial charge in [-0.2, -0.15) is 5.26 Å². The summed E-state index contributed by atoms with van der Waals surface area (Å²) in [7, 11) is 0. The van der Waals surface area contributed by atoms with E-state index in [4.69, 9.17) is 28.9 Å². The summed E-state index contributed by atoms with van der Waals surface area (Å²) in [6.07, 6.45) is 0. The molecule has 0 amide bonds. The third-order valence-electron chi connectivity index (χ3n) is 3.78. The summed E-state index contributed by atoms with van der Waals surface area (Å²) in [5.41, 5.74) is 7.39. The van der Waals surface area contributed by atoms with Crippen molar-refractivity contribution in [1.82, 2.24) is 4.98 Å². The van der Waals surface area contributed by atoms with E-state index in [-0.39, 0.29) is 33.3 Å². The zero-order valence-corrected chi connectivity index (χ0v) is 14.6. The number of rotatable bonds is 3. The minimum atomic E-state index is -0.503.